The molecule has 0 aliphatic heterocycles. The van der Waals surface area contributed by atoms with Crippen LogP contribution in [0.1, 0.15) is 6.92 Å². The Balaban J connectivity index is 1.89. The fraction of sp³-hybridized carbons (Fsp3) is 0.118. The van der Waals surface area contributed by atoms with Crippen LogP contribution in [0.25, 0.3) is 11.3 Å². The van der Waals surface area contributed by atoms with Gasteiger partial charge in [0.1, 0.15) is 10.2 Å². The van der Waals surface area contributed by atoms with Crippen molar-refractivity contribution in [3.63, 3.8) is 0 Å². The number of halogens is 1. The number of benzene rings is 2. The van der Waals surface area contributed by atoms with Gasteiger partial charge in [-0.2, -0.15) is 0 Å². The number of hydrogen-bond donors (Lipinski definition) is 1. The lowest BCUT2D eigenvalue weighted by molar-refractivity contribution is 0.339. The van der Waals surface area contributed by atoms with Crippen LogP contribution in [-0.4, -0.2) is 20.2 Å². The maximum Gasteiger partial charge on any atom is 0.263 e. The smallest absolute Gasteiger partial charge is 0.263 e. The highest BCUT2D eigenvalue weighted by atomic mass is 79.9. The Hall–Kier alpha value is -2.32. The molecule has 0 spiro atoms. The maximum absolute atomic E-state index is 12.6. The number of sulfonamides is 1. The van der Waals surface area contributed by atoms with Crippen LogP contribution in [0.3, 0.4) is 0 Å². The van der Waals surface area contributed by atoms with Crippen molar-refractivity contribution in [2.75, 3.05) is 11.3 Å². The molecule has 6 nitrogen and oxygen atoms in total. The SMILES string of the molecule is CCOc1cccc(S(=O)(=O)Nc2noc(-c3ccccc3)c2Br)c1. The summed E-state index contributed by atoms with van der Waals surface area (Å²) in [6.07, 6.45) is 0. The van der Waals surface area contributed by atoms with Crippen molar-refractivity contribution < 1.29 is 17.7 Å². The van der Waals surface area contributed by atoms with E-state index in [9.17, 15) is 8.42 Å². The molecule has 1 heterocycles. The number of anilines is 1. The minimum atomic E-state index is -3.83. The van der Waals surface area contributed by atoms with Gasteiger partial charge in [0.15, 0.2) is 11.6 Å². The number of aromatic nitrogens is 1. The average molecular weight is 423 g/mol. The second kappa shape index (κ2) is 7.28. The van der Waals surface area contributed by atoms with Gasteiger partial charge in [-0.1, -0.05) is 41.6 Å². The summed E-state index contributed by atoms with van der Waals surface area (Å²) in [6, 6.07) is 15.5. The van der Waals surface area contributed by atoms with E-state index >= 15 is 0 Å². The summed E-state index contributed by atoms with van der Waals surface area (Å²) in [6.45, 7) is 2.28. The molecule has 2 aromatic carbocycles. The van der Waals surface area contributed by atoms with E-state index in [1.807, 2.05) is 37.3 Å². The van der Waals surface area contributed by atoms with Crippen molar-refractivity contribution in [1.82, 2.24) is 5.16 Å². The van der Waals surface area contributed by atoms with Gasteiger partial charge < -0.3 is 9.26 Å². The highest BCUT2D eigenvalue weighted by Crippen LogP contribution is 2.35. The number of ether oxygens (including phenoxy) is 1. The molecule has 0 radical (unpaired) electrons. The van der Waals surface area contributed by atoms with Crippen LogP contribution < -0.4 is 9.46 Å². The van der Waals surface area contributed by atoms with Crippen molar-refractivity contribution in [3.05, 3.63) is 59.1 Å². The molecule has 8 heteroatoms. The average Bonchev–Trinajstić information content (AvgIpc) is 2.96. The molecule has 0 aliphatic rings. The molecular weight excluding hydrogens is 408 g/mol. The normalized spacial score (nSPS) is 11.3. The third kappa shape index (κ3) is 3.85. The zero-order valence-corrected chi connectivity index (χ0v) is 15.7. The third-order valence-electron chi connectivity index (χ3n) is 3.33. The second-order valence-corrected chi connectivity index (χ2v) is 7.53. The number of nitrogens with zero attached hydrogens (tertiary/aromatic N) is 1. The first-order chi connectivity index (χ1) is 12.0. The van der Waals surface area contributed by atoms with Crippen LogP contribution in [0.2, 0.25) is 0 Å². The predicted octanol–water partition coefficient (Wildman–Crippen LogP) is 4.30. The Kier molecular flexibility index (Phi) is 5.10. The first-order valence-electron chi connectivity index (χ1n) is 7.47. The Morgan fingerprint density at radius 3 is 2.64 bits per heavy atom. The van der Waals surface area contributed by atoms with Gasteiger partial charge in [-0.05, 0) is 35.0 Å². The van der Waals surface area contributed by atoms with E-state index in [2.05, 4.69) is 25.8 Å². The van der Waals surface area contributed by atoms with Crippen LogP contribution in [0.4, 0.5) is 5.82 Å². The second-order valence-electron chi connectivity index (χ2n) is 5.05. The molecular formula is C17H15BrN2O4S. The first kappa shape index (κ1) is 17.5. The molecule has 0 saturated carbocycles. The molecule has 0 unspecified atom stereocenters. The van der Waals surface area contributed by atoms with Crippen LogP contribution >= 0.6 is 15.9 Å². The van der Waals surface area contributed by atoms with Crippen LogP contribution in [0, 0.1) is 0 Å². The van der Waals surface area contributed by atoms with Gasteiger partial charge in [0, 0.05) is 11.6 Å². The molecule has 25 heavy (non-hydrogen) atoms. The van der Waals surface area contributed by atoms with Gasteiger partial charge in [0.25, 0.3) is 10.0 Å². The number of rotatable bonds is 6. The van der Waals surface area contributed by atoms with Gasteiger partial charge in [-0.25, -0.2) is 8.42 Å². The van der Waals surface area contributed by atoms with Gasteiger partial charge >= 0.3 is 0 Å². The molecule has 0 fully saturated rings. The van der Waals surface area contributed by atoms with E-state index in [1.165, 1.54) is 12.1 Å². The van der Waals surface area contributed by atoms with Gasteiger partial charge in [0.05, 0.1) is 11.5 Å². The van der Waals surface area contributed by atoms with Gasteiger partial charge in [-0.15, -0.1) is 0 Å². The summed E-state index contributed by atoms with van der Waals surface area (Å²) in [5, 5.41) is 3.82. The Labute approximate surface area is 154 Å². The number of hydrogen-bond acceptors (Lipinski definition) is 5. The number of nitrogens with one attached hydrogen (secondary N) is 1. The molecule has 3 aromatic rings. The van der Waals surface area contributed by atoms with Crippen molar-refractivity contribution in [3.8, 4) is 17.1 Å². The van der Waals surface area contributed by atoms with E-state index in [-0.39, 0.29) is 10.7 Å². The standard InChI is InChI=1S/C17H15BrN2O4S/c1-2-23-13-9-6-10-14(11-13)25(21,22)20-17-15(18)16(24-19-17)12-7-4-3-5-8-12/h3-11H,2H2,1H3,(H,19,20). The quantitative estimate of drug-likeness (QED) is 0.639. The molecule has 3 rings (SSSR count). The summed E-state index contributed by atoms with van der Waals surface area (Å²) < 4.78 is 38.7. The Bertz CT molecular complexity index is 971. The Morgan fingerprint density at radius 1 is 1.16 bits per heavy atom. The lowest BCUT2D eigenvalue weighted by Gasteiger charge is -2.08. The monoisotopic (exact) mass is 422 g/mol. The van der Waals surface area contributed by atoms with E-state index in [4.69, 9.17) is 9.26 Å². The highest BCUT2D eigenvalue weighted by molar-refractivity contribution is 9.10. The molecule has 130 valence electrons. The van der Waals surface area contributed by atoms with Crippen LogP contribution in [0.5, 0.6) is 5.75 Å². The van der Waals surface area contributed by atoms with E-state index in [0.29, 0.717) is 22.6 Å². The largest absolute Gasteiger partial charge is 0.494 e. The zero-order valence-electron chi connectivity index (χ0n) is 13.3. The summed E-state index contributed by atoms with van der Waals surface area (Å²) in [5.41, 5.74) is 0.783. The molecule has 0 bridgehead atoms. The van der Waals surface area contributed by atoms with E-state index < -0.39 is 10.0 Å². The molecule has 0 aliphatic carbocycles. The van der Waals surface area contributed by atoms with Crippen molar-refractivity contribution in [1.29, 1.82) is 0 Å². The molecule has 0 amide bonds. The van der Waals surface area contributed by atoms with Crippen LogP contribution in [0.15, 0.2) is 68.5 Å². The third-order valence-corrected chi connectivity index (χ3v) is 5.40. The molecule has 1 aromatic heterocycles. The van der Waals surface area contributed by atoms with Crippen molar-refractivity contribution in [2.45, 2.75) is 11.8 Å². The summed E-state index contributed by atoms with van der Waals surface area (Å²) in [5.74, 6) is 1.01. The zero-order chi connectivity index (χ0) is 17.9. The predicted molar refractivity (Wildman–Crippen MR) is 98.1 cm³/mol. The highest BCUT2D eigenvalue weighted by Gasteiger charge is 2.22. The summed E-state index contributed by atoms with van der Waals surface area (Å²) in [4.78, 5) is 0.0783. The molecule has 0 saturated heterocycles. The topological polar surface area (TPSA) is 81.4 Å². The minimum absolute atomic E-state index is 0.0783. The summed E-state index contributed by atoms with van der Waals surface area (Å²) in [7, 11) is -3.83. The summed E-state index contributed by atoms with van der Waals surface area (Å²) >= 11 is 3.34. The maximum atomic E-state index is 12.6. The fourth-order valence-corrected chi connectivity index (χ4v) is 3.84. The van der Waals surface area contributed by atoms with E-state index in [1.54, 1.807) is 12.1 Å². The Morgan fingerprint density at radius 2 is 1.92 bits per heavy atom. The fourth-order valence-electron chi connectivity index (χ4n) is 2.20. The molecule has 1 N–H and O–H groups in total. The van der Waals surface area contributed by atoms with Crippen LogP contribution in [-0.2, 0) is 10.0 Å². The van der Waals surface area contributed by atoms with Gasteiger partial charge in [0.2, 0.25) is 0 Å². The minimum Gasteiger partial charge on any atom is -0.494 e. The lowest BCUT2D eigenvalue weighted by Crippen LogP contribution is -2.13. The van der Waals surface area contributed by atoms with Gasteiger partial charge in [-0.3, -0.25) is 4.72 Å². The van der Waals surface area contributed by atoms with Crippen molar-refractivity contribution >= 4 is 31.8 Å². The lowest BCUT2D eigenvalue weighted by atomic mass is 10.2. The van der Waals surface area contributed by atoms with Crippen molar-refractivity contribution in [2.24, 2.45) is 0 Å². The molecule has 0 atom stereocenters. The van der Waals surface area contributed by atoms with E-state index in [0.717, 1.165) is 5.56 Å². The first-order valence-corrected chi connectivity index (χ1v) is 9.75.